The molecular weight excluding hydrogens is 397 g/mol. The van der Waals surface area contributed by atoms with Gasteiger partial charge in [-0.3, -0.25) is 4.79 Å². The fourth-order valence-corrected chi connectivity index (χ4v) is 3.71. The highest BCUT2D eigenvalue weighted by molar-refractivity contribution is 6.31. The molecule has 148 valence electrons. The van der Waals surface area contributed by atoms with Gasteiger partial charge in [-0.2, -0.15) is 0 Å². The van der Waals surface area contributed by atoms with Gasteiger partial charge < -0.3 is 15.1 Å². The SMILES string of the molecule is CN(Cc1ccc(Cl)cc1)C(=O)[C@H]1CCCN1C(=O)NCc1ccccc1Cl. The first-order valence-electron chi connectivity index (χ1n) is 9.23. The minimum Gasteiger partial charge on any atom is -0.340 e. The Bertz CT molecular complexity index is 842. The summed E-state index contributed by atoms with van der Waals surface area (Å²) in [5, 5.41) is 4.15. The second-order valence-electron chi connectivity index (χ2n) is 6.92. The first kappa shape index (κ1) is 20.5. The summed E-state index contributed by atoms with van der Waals surface area (Å²) in [7, 11) is 1.76. The number of hydrogen-bond acceptors (Lipinski definition) is 2. The Labute approximate surface area is 175 Å². The van der Waals surface area contributed by atoms with Crippen LogP contribution in [0.4, 0.5) is 4.79 Å². The number of rotatable bonds is 5. The summed E-state index contributed by atoms with van der Waals surface area (Å²) in [5.74, 6) is -0.0552. The third-order valence-electron chi connectivity index (χ3n) is 4.90. The van der Waals surface area contributed by atoms with Crippen molar-refractivity contribution in [3.05, 3.63) is 69.7 Å². The van der Waals surface area contributed by atoms with E-state index in [0.29, 0.717) is 36.1 Å². The molecule has 0 aromatic heterocycles. The van der Waals surface area contributed by atoms with Gasteiger partial charge in [0.05, 0.1) is 0 Å². The number of amides is 3. The molecule has 0 unspecified atom stereocenters. The first-order valence-corrected chi connectivity index (χ1v) is 9.98. The molecule has 1 atom stereocenters. The van der Waals surface area contributed by atoms with E-state index < -0.39 is 6.04 Å². The van der Waals surface area contributed by atoms with E-state index in [4.69, 9.17) is 23.2 Å². The Morgan fingerprint density at radius 2 is 1.86 bits per heavy atom. The number of benzene rings is 2. The van der Waals surface area contributed by atoms with Crippen molar-refractivity contribution < 1.29 is 9.59 Å². The monoisotopic (exact) mass is 419 g/mol. The Morgan fingerprint density at radius 1 is 1.14 bits per heavy atom. The van der Waals surface area contributed by atoms with E-state index in [-0.39, 0.29) is 11.9 Å². The number of urea groups is 1. The molecule has 1 heterocycles. The lowest BCUT2D eigenvalue weighted by Crippen LogP contribution is -2.49. The zero-order valence-electron chi connectivity index (χ0n) is 15.7. The summed E-state index contributed by atoms with van der Waals surface area (Å²) < 4.78 is 0. The lowest BCUT2D eigenvalue weighted by molar-refractivity contribution is -0.134. The quantitative estimate of drug-likeness (QED) is 0.783. The van der Waals surface area contributed by atoms with Crippen LogP contribution in [0.2, 0.25) is 10.0 Å². The van der Waals surface area contributed by atoms with Gasteiger partial charge in [0.25, 0.3) is 0 Å². The summed E-state index contributed by atoms with van der Waals surface area (Å²) in [5.41, 5.74) is 1.84. The molecule has 3 rings (SSSR count). The third-order valence-corrected chi connectivity index (χ3v) is 5.52. The van der Waals surface area contributed by atoms with E-state index >= 15 is 0 Å². The fraction of sp³-hybridized carbons (Fsp3) is 0.333. The number of likely N-dealkylation sites (tertiary alicyclic amines) is 1. The average Bonchev–Trinajstić information content (AvgIpc) is 3.18. The van der Waals surface area contributed by atoms with Crippen LogP contribution in [0, 0.1) is 0 Å². The standard InChI is InChI=1S/C21H23Cl2N3O2/c1-25(14-15-8-10-17(22)11-9-15)20(27)19-7-4-12-26(19)21(28)24-13-16-5-2-3-6-18(16)23/h2-3,5-6,8-11,19H,4,7,12-14H2,1H3,(H,24,28)/t19-/m1/s1. The largest absolute Gasteiger partial charge is 0.340 e. The molecule has 1 fully saturated rings. The molecular formula is C21H23Cl2N3O2. The summed E-state index contributed by atoms with van der Waals surface area (Å²) >= 11 is 12.1. The topological polar surface area (TPSA) is 52.7 Å². The summed E-state index contributed by atoms with van der Waals surface area (Å²) in [6.45, 7) is 1.37. The van der Waals surface area contributed by atoms with Gasteiger partial charge in [-0.15, -0.1) is 0 Å². The highest BCUT2D eigenvalue weighted by Gasteiger charge is 2.35. The molecule has 1 saturated heterocycles. The molecule has 0 bridgehead atoms. The van der Waals surface area contributed by atoms with Crippen LogP contribution in [-0.2, 0) is 17.9 Å². The summed E-state index contributed by atoms with van der Waals surface area (Å²) in [6.07, 6.45) is 1.48. The zero-order valence-corrected chi connectivity index (χ0v) is 17.2. The molecule has 7 heteroatoms. The summed E-state index contributed by atoms with van der Waals surface area (Å²) in [6, 6.07) is 14.1. The maximum Gasteiger partial charge on any atom is 0.318 e. The average molecular weight is 420 g/mol. The molecule has 2 aromatic carbocycles. The number of hydrogen-bond donors (Lipinski definition) is 1. The molecule has 0 saturated carbocycles. The number of likely N-dealkylation sites (N-methyl/N-ethyl adjacent to an activating group) is 1. The smallest absolute Gasteiger partial charge is 0.318 e. The summed E-state index contributed by atoms with van der Waals surface area (Å²) in [4.78, 5) is 28.8. The van der Waals surface area contributed by atoms with Gasteiger partial charge in [-0.25, -0.2) is 4.79 Å². The normalized spacial score (nSPS) is 16.1. The van der Waals surface area contributed by atoms with Crippen molar-refractivity contribution in [2.75, 3.05) is 13.6 Å². The van der Waals surface area contributed by atoms with Crippen molar-refractivity contribution in [1.82, 2.24) is 15.1 Å². The van der Waals surface area contributed by atoms with E-state index in [0.717, 1.165) is 17.5 Å². The Morgan fingerprint density at radius 3 is 2.57 bits per heavy atom. The van der Waals surface area contributed by atoms with Crippen molar-refractivity contribution >= 4 is 35.1 Å². The van der Waals surface area contributed by atoms with Crippen LogP contribution in [0.15, 0.2) is 48.5 Å². The van der Waals surface area contributed by atoms with Crippen molar-refractivity contribution in [3.8, 4) is 0 Å². The van der Waals surface area contributed by atoms with Gasteiger partial charge in [-0.1, -0.05) is 53.5 Å². The van der Waals surface area contributed by atoms with Crippen molar-refractivity contribution in [1.29, 1.82) is 0 Å². The van der Waals surface area contributed by atoms with Gasteiger partial charge in [-0.05, 0) is 42.2 Å². The predicted octanol–water partition coefficient (Wildman–Crippen LogP) is 4.33. The van der Waals surface area contributed by atoms with E-state index in [1.54, 1.807) is 35.0 Å². The minimum atomic E-state index is -0.441. The Hall–Kier alpha value is -2.24. The van der Waals surface area contributed by atoms with E-state index in [1.807, 2.05) is 30.3 Å². The van der Waals surface area contributed by atoms with Crippen LogP contribution in [0.5, 0.6) is 0 Å². The number of carbonyl (C=O) groups is 2. The van der Waals surface area contributed by atoms with Crippen LogP contribution < -0.4 is 5.32 Å². The lowest BCUT2D eigenvalue weighted by Gasteiger charge is -2.28. The number of nitrogens with one attached hydrogen (secondary N) is 1. The second kappa shape index (κ2) is 9.30. The van der Waals surface area contributed by atoms with Gasteiger partial charge in [0, 0.05) is 36.7 Å². The van der Waals surface area contributed by atoms with Gasteiger partial charge in [0.1, 0.15) is 6.04 Å². The maximum atomic E-state index is 12.9. The van der Waals surface area contributed by atoms with Crippen molar-refractivity contribution in [2.45, 2.75) is 32.0 Å². The van der Waals surface area contributed by atoms with Crippen LogP contribution in [0.25, 0.3) is 0 Å². The highest BCUT2D eigenvalue weighted by atomic mass is 35.5. The van der Waals surface area contributed by atoms with Crippen LogP contribution in [0.1, 0.15) is 24.0 Å². The molecule has 0 spiro atoms. The molecule has 1 N–H and O–H groups in total. The lowest BCUT2D eigenvalue weighted by atomic mass is 10.1. The van der Waals surface area contributed by atoms with E-state index in [9.17, 15) is 9.59 Å². The van der Waals surface area contributed by atoms with Crippen molar-refractivity contribution in [3.63, 3.8) is 0 Å². The molecule has 0 aliphatic carbocycles. The van der Waals surface area contributed by atoms with Crippen LogP contribution >= 0.6 is 23.2 Å². The molecule has 2 aromatic rings. The highest BCUT2D eigenvalue weighted by Crippen LogP contribution is 2.21. The molecule has 3 amide bonds. The number of carbonyl (C=O) groups excluding carboxylic acids is 2. The van der Waals surface area contributed by atoms with Gasteiger partial charge in [0.2, 0.25) is 5.91 Å². The molecule has 28 heavy (non-hydrogen) atoms. The maximum absolute atomic E-state index is 12.9. The van der Waals surface area contributed by atoms with Gasteiger partial charge >= 0.3 is 6.03 Å². The third kappa shape index (κ3) is 4.97. The minimum absolute atomic E-state index is 0.0552. The van der Waals surface area contributed by atoms with Crippen molar-refractivity contribution in [2.24, 2.45) is 0 Å². The predicted molar refractivity (Wildman–Crippen MR) is 111 cm³/mol. The van der Waals surface area contributed by atoms with Gasteiger partial charge in [0.15, 0.2) is 0 Å². The second-order valence-corrected chi connectivity index (χ2v) is 7.77. The van der Waals surface area contributed by atoms with E-state index in [2.05, 4.69) is 5.32 Å². The van der Waals surface area contributed by atoms with Crippen LogP contribution in [-0.4, -0.2) is 41.4 Å². The molecule has 1 aliphatic rings. The zero-order chi connectivity index (χ0) is 20.1. The molecule has 1 aliphatic heterocycles. The van der Waals surface area contributed by atoms with E-state index in [1.165, 1.54) is 0 Å². The fourth-order valence-electron chi connectivity index (χ4n) is 3.38. The van der Waals surface area contributed by atoms with Crippen LogP contribution in [0.3, 0.4) is 0 Å². The Balaban J connectivity index is 1.59. The first-order chi connectivity index (χ1) is 13.5. The molecule has 0 radical (unpaired) electrons. The number of nitrogens with zero attached hydrogens (tertiary/aromatic N) is 2. The molecule has 5 nitrogen and oxygen atoms in total. The Kier molecular flexibility index (Phi) is 6.81. The number of halogens is 2.